The molecule has 0 spiro atoms. The second-order valence-corrected chi connectivity index (χ2v) is 8.18. The van der Waals surface area contributed by atoms with E-state index in [1.807, 2.05) is 42.2 Å². The minimum atomic E-state index is -0.934. The van der Waals surface area contributed by atoms with Crippen LogP contribution in [-0.2, 0) is 9.59 Å². The first-order valence-electron chi connectivity index (χ1n) is 8.06. The number of alkyl halides is 2. The number of nitrogens with one attached hydrogen (secondary N) is 1. The maximum atomic E-state index is 12.5. The number of amides is 2. The van der Waals surface area contributed by atoms with Gasteiger partial charge in [0.05, 0.1) is 12.0 Å². The van der Waals surface area contributed by atoms with Crippen LogP contribution >= 0.6 is 23.2 Å². The highest BCUT2D eigenvalue weighted by atomic mass is 35.5. The van der Waals surface area contributed by atoms with Crippen LogP contribution in [0.3, 0.4) is 0 Å². The summed E-state index contributed by atoms with van der Waals surface area (Å²) in [7, 11) is 0. The highest BCUT2D eigenvalue weighted by molar-refractivity contribution is 6.53. The number of carbonyl (C=O) groups is 2. The van der Waals surface area contributed by atoms with Gasteiger partial charge in [-0.3, -0.25) is 14.5 Å². The van der Waals surface area contributed by atoms with Crippen LogP contribution in [0.1, 0.15) is 13.3 Å². The number of hydrogen-bond donors (Lipinski definition) is 1. The zero-order valence-corrected chi connectivity index (χ0v) is 15.1. The molecule has 1 aromatic rings. The van der Waals surface area contributed by atoms with E-state index >= 15 is 0 Å². The summed E-state index contributed by atoms with van der Waals surface area (Å²) >= 11 is 12.2. The van der Waals surface area contributed by atoms with Crippen molar-refractivity contribution >= 4 is 40.7 Å². The van der Waals surface area contributed by atoms with E-state index < -0.39 is 9.75 Å². The summed E-state index contributed by atoms with van der Waals surface area (Å²) in [5.41, 5.74) is 0.127. The summed E-state index contributed by atoms with van der Waals surface area (Å²) in [6, 6.07) is 9.38. The van der Waals surface area contributed by atoms with E-state index in [1.165, 1.54) is 0 Å². The van der Waals surface area contributed by atoms with Gasteiger partial charge < -0.3 is 10.2 Å². The topological polar surface area (TPSA) is 52.7 Å². The van der Waals surface area contributed by atoms with Crippen molar-refractivity contribution in [2.45, 2.75) is 17.7 Å². The van der Waals surface area contributed by atoms with Crippen molar-refractivity contribution in [1.29, 1.82) is 0 Å². The third kappa shape index (κ3) is 3.53. The Hall–Kier alpha value is -1.30. The fourth-order valence-corrected chi connectivity index (χ4v) is 3.71. The minimum Gasteiger partial charge on any atom is -0.340 e. The van der Waals surface area contributed by atoms with Gasteiger partial charge in [-0.2, -0.15) is 0 Å². The second-order valence-electron chi connectivity index (χ2n) is 6.70. The van der Waals surface area contributed by atoms with E-state index in [1.54, 1.807) is 4.90 Å². The Morgan fingerprint density at radius 3 is 2.25 bits per heavy atom. The van der Waals surface area contributed by atoms with Crippen LogP contribution in [0.4, 0.5) is 5.69 Å². The molecule has 0 aromatic heterocycles. The molecule has 2 fully saturated rings. The molecule has 1 heterocycles. The minimum absolute atomic E-state index is 0.0147. The Kier molecular flexibility index (Phi) is 4.78. The molecular formula is C17H21Cl2N3O2. The Morgan fingerprint density at radius 1 is 1.12 bits per heavy atom. The average molecular weight is 370 g/mol. The van der Waals surface area contributed by atoms with E-state index in [0.717, 1.165) is 5.69 Å². The van der Waals surface area contributed by atoms with Crippen LogP contribution in [0.25, 0.3) is 0 Å². The Morgan fingerprint density at radius 2 is 1.71 bits per heavy atom. The predicted molar refractivity (Wildman–Crippen MR) is 95.3 cm³/mol. The number of halogens is 2. The Labute approximate surface area is 151 Å². The molecule has 1 aliphatic heterocycles. The van der Waals surface area contributed by atoms with Gasteiger partial charge in [-0.15, -0.1) is 23.2 Å². The molecule has 1 aromatic carbocycles. The molecule has 0 bridgehead atoms. The second kappa shape index (κ2) is 6.54. The smallest absolute Gasteiger partial charge is 0.238 e. The molecule has 1 N–H and O–H groups in total. The van der Waals surface area contributed by atoms with Crippen molar-refractivity contribution in [2.75, 3.05) is 38.0 Å². The lowest BCUT2D eigenvalue weighted by Gasteiger charge is -2.36. The summed E-state index contributed by atoms with van der Waals surface area (Å²) in [6.07, 6.45) is 0.502. The Balaban J connectivity index is 1.46. The Bertz CT molecular complexity index is 630. The van der Waals surface area contributed by atoms with Crippen LogP contribution in [0.2, 0.25) is 0 Å². The quantitative estimate of drug-likeness (QED) is 0.828. The van der Waals surface area contributed by atoms with Gasteiger partial charge in [-0.05, 0) is 25.5 Å². The molecule has 2 amide bonds. The largest absolute Gasteiger partial charge is 0.340 e. The van der Waals surface area contributed by atoms with E-state index in [4.69, 9.17) is 23.2 Å². The lowest BCUT2D eigenvalue weighted by atomic mass is 10.1. The fourth-order valence-electron chi connectivity index (χ4n) is 3.02. The molecule has 24 heavy (non-hydrogen) atoms. The van der Waals surface area contributed by atoms with Crippen LogP contribution in [-0.4, -0.2) is 58.7 Å². The van der Waals surface area contributed by atoms with Crippen molar-refractivity contribution in [3.8, 4) is 0 Å². The zero-order valence-electron chi connectivity index (χ0n) is 13.6. The molecule has 1 aliphatic carbocycles. The van der Waals surface area contributed by atoms with Crippen molar-refractivity contribution in [3.05, 3.63) is 30.3 Å². The summed E-state index contributed by atoms with van der Waals surface area (Å²) < 4.78 is -0.934. The van der Waals surface area contributed by atoms with Gasteiger partial charge in [-0.25, -0.2) is 0 Å². The van der Waals surface area contributed by atoms with Gasteiger partial charge in [-0.1, -0.05) is 18.2 Å². The summed E-state index contributed by atoms with van der Waals surface area (Å²) in [4.78, 5) is 28.5. The predicted octanol–water partition coefficient (Wildman–Crippen LogP) is 2.35. The monoisotopic (exact) mass is 369 g/mol. The maximum absolute atomic E-state index is 12.5. The number of nitrogens with zero attached hydrogens (tertiary/aromatic N) is 2. The van der Waals surface area contributed by atoms with Crippen molar-refractivity contribution in [1.82, 2.24) is 9.80 Å². The number of rotatable bonds is 4. The van der Waals surface area contributed by atoms with Gasteiger partial charge in [0, 0.05) is 31.9 Å². The average Bonchev–Trinajstić information content (AvgIpc) is 3.08. The van der Waals surface area contributed by atoms with Crippen molar-refractivity contribution in [3.63, 3.8) is 0 Å². The molecule has 130 valence electrons. The van der Waals surface area contributed by atoms with Gasteiger partial charge in [0.25, 0.3) is 0 Å². The molecule has 5 nitrogen and oxygen atoms in total. The van der Waals surface area contributed by atoms with Gasteiger partial charge in [0.15, 0.2) is 0 Å². The van der Waals surface area contributed by atoms with Gasteiger partial charge in [0.1, 0.15) is 4.33 Å². The summed E-state index contributed by atoms with van der Waals surface area (Å²) in [5, 5.41) is 2.87. The third-order valence-electron chi connectivity index (χ3n) is 4.81. The molecule has 1 saturated heterocycles. The van der Waals surface area contributed by atoms with E-state index in [9.17, 15) is 9.59 Å². The van der Waals surface area contributed by atoms with E-state index in [2.05, 4.69) is 5.32 Å². The normalized spacial score (nSPS) is 26.0. The molecule has 3 rings (SSSR count). The maximum Gasteiger partial charge on any atom is 0.238 e. The first-order valence-corrected chi connectivity index (χ1v) is 8.82. The number of hydrogen-bond acceptors (Lipinski definition) is 3. The SMILES string of the molecule is CC1(C(=O)N2CCN(CC(=O)Nc3ccccc3)CC2)CC1(Cl)Cl. The van der Waals surface area contributed by atoms with Gasteiger partial charge in [0.2, 0.25) is 11.8 Å². The molecule has 2 aliphatic rings. The van der Waals surface area contributed by atoms with E-state index in [-0.39, 0.29) is 11.8 Å². The third-order valence-corrected chi connectivity index (χ3v) is 5.92. The van der Waals surface area contributed by atoms with Crippen molar-refractivity contribution < 1.29 is 9.59 Å². The fraction of sp³-hybridized carbons (Fsp3) is 0.529. The number of anilines is 1. The standard InChI is InChI=1S/C17H21Cl2N3O2/c1-16(12-17(16,18)19)15(24)22-9-7-21(8-10-22)11-14(23)20-13-5-3-2-4-6-13/h2-6H,7-12H2,1H3,(H,20,23). The first-order chi connectivity index (χ1) is 11.3. The lowest BCUT2D eigenvalue weighted by molar-refractivity contribution is -0.138. The van der Waals surface area contributed by atoms with Gasteiger partial charge >= 0.3 is 0 Å². The highest BCUT2D eigenvalue weighted by Gasteiger charge is 2.68. The molecule has 1 saturated carbocycles. The highest BCUT2D eigenvalue weighted by Crippen LogP contribution is 2.64. The molecule has 7 heteroatoms. The van der Waals surface area contributed by atoms with Crippen molar-refractivity contribution in [2.24, 2.45) is 5.41 Å². The van der Waals surface area contributed by atoms with Crippen LogP contribution in [0, 0.1) is 5.41 Å². The van der Waals surface area contributed by atoms with Crippen LogP contribution in [0.15, 0.2) is 30.3 Å². The number of carbonyl (C=O) groups excluding carboxylic acids is 2. The van der Waals surface area contributed by atoms with Crippen LogP contribution < -0.4 is 5.32 Å². The zero-order chi connectivity index (χ0) is 17.4. The van der Waals surface area contributed by atoms with E-state index in [0.29, 0.717) is 39.1 Å². The molecular weight excluding hydrogens is 349 g/mol. The lowest BCUT2D eigenvalue weighted by Crippen LogP contribution is -2.52. The molecule has 0 radical (unpaired) electrons. The summed E-state index contributed by atoms with van der Waals surface area (Å²) in [5.74, 6) is -0.0310. The molecule has 1 unspecified atom stereocenters. The number of para-hydroxylation sites is 1. The number of benzene rings is 1. The summed E-state index contributed by atoms with van der Waals surface area (Å²) in [6.45, 7) is 4.66. The first kappa shape index (κ1) is 17.5. The van der Waals surface area contributed by atoms with Crippen LogP contribution in [0.5, 0.6) is 0 Å². The number of piperazine rings is 1. The molecule has 1 atom stereocenters.